The summed E-state index contributed by atoms with van der Waals surface area (Å²) in [7, 11) is 0. The van der Waals surface area contributed by atoms with Crippen LogP contribution in [0.15, 0.2) is 107 Å². The van der Waals surface area contributed by atoms with Crippen molar-refractivity contribution in [1.29, 1.82) is 0 Å². The van der Waals surface area contributed by atoms with E-state index in [2.05, 4.69) is 29.9 Å². The zero-order chi connectivity index (χ0) is 26.5. The van der Waals surface area contributed by atoms with E-state index in [0.717, 1.165) is 45.1 Å². The van der Waals surface area contributed by atoms with Gasteiger partial charge in [-0.3, -0.25) is 9.98 Å². The van der Waals surface area contributed by atoms with Gasteiger partial charge in [0.05, 0.1) is 11.4 Å². The molecule has 0 unspecified atom stereocenters. The Bertz CT molecular complexity index is 1570. The van der Waals surface area contributed by atoms with Crippen LogP contribution in [0.3, 0.4) is 0 Å². The number of aryl methyl sites for hydroxylation is 2. The molecule has 2 aromatic heterocycles. The predicted molar refractivity (Wildman–Crippen MR) is 159 cm³/mol. The van der Waals surface area contributed by atoms with Crippen LogP contribution in [0.2, 0.25) is 0 Å². The number of fused-ring (bicyclic) bond motifs is 2. The molecule has 0 fully saturated rings. The third-order valence-electron chi connectivity index (χ3n) is 5.85. The second-order valence-electron chi connectivity index (χ2n) is 8.85. The number of aliphatic imine (C=N–C) groups is 2. The smallest absolute Gasteiger partial charge is 1.00 e. The van der Waals surface area contributed by atoms with Crippen molar-refractivity contribution in [3.05, 3.63) is 120 Å². The van der Waals surface area contributed by atoms with Crippen LogP contribution in [0.1, 0.15) is 22.8 Å². The fourth-order valence-electron chi connectivity index (χ4n) is 3.80. The summed E-state index contributed by atoms with van der Waals surface area (Å²) in [6.45, 7) is 4.10. The van der Waals surface area contributed by atoms with Crippen LogP contribution < -0.4 is 34.8 Å². The Balaban J connectivity index is 0.000000267. The molecule has 0 saturated carbocycles. The maximum atomic E-state index is 5.35. The molecule has 0 amide bonds. The first-order valence-electron chi connectivity index (χ1n) is 12.1. The van der Waals surface area contributed by atoms with Crippen LogP contribution in [-0.2, 0) is 44.7 Å². The molecule has 4 aromatic carbocycles. The van der Waals surface area contributed by atoms with Crippen LogP contribution in [0.25, 0.3) is 22.1 Å². The van der Waals surface area contributed by atoms with Crippen LogP contribution >= 0.6 is 0 Å². The number of aromatic nitrogens is 4. The van der Waals surface area contributed by atoms with Gasteiger partial charge in [0.1, 0.15) is 0 Å². The monoisotopic (exact) mass is 668 g/mol. The summed E-state index contributed by atoms with van der Waals surface area (Å²) in [5.41, 5.74) is 8.25. The number of hydrogen-bond acceptors (Lipinski definition) is 4. The second kappa shape index (κ2) is 15.7. The number of para-hydroxylation sites is 4. The van der Waals surface area contributed by atoms with Gasteiger partial charge >= 0.3 is 19.5 Å². The number of H-pyrrole nitrogens is 4. The number of rotatable bonds is 4. The minimum atomic E-state index is 0. The van der Waals surface area contributed by atoms with E-state index in [4.69, 9.17) is 25.3 Å². The van der Waals surface area contributed by atoms with Crippen LogP contribution in [-0.4, -0.2) is 20.1 Å². The summed E-state index contributed by atoms with van der Waals surface area (Å²) in [6, 6.07) is 31.9. The number of aromatic amines is 4. The molecule has 6 rings (SSSR count). The maximum absolute atomic E-state index is 5.35. The van der Waals surface area contributed by atoms with Gasteiger partial charge in [0.15, 0.2) is 22.1 Å². The number of nitrogens with zero attached hydrogens (tertiary/aromatic N) is 2. The van der Waals surface area contributed by atoms with Gasteiger partial charge in [-0.2, -0.15) is 0 Å². The van der Waals surface area contributed by atoms with Crippen molar-refractivity contribution in [2.75, 3.05) is 0 Å². The van der Waals surface area contributed by atoms with Crippen LogP contribution in [0.4, 0.5) is 11.4 Å². The molecule has 6 nitrogen and oxygen atoms in total. The van der Waals surface area contributed by atoms with E-state index >= 15 is 0 Å². The average Bonchev–Trinajstić information content (AvgIpc) is 3.56. The normalized spacial score (nSPS) is 11.1. The molecular formula is C30H26Cl2N6S2Zn. The number of halogens is 2. The van der Waals surface area contributed by atoms with Crippen LogP contribution in [0.5, 0.6) is 0 Å². The SMILES string of the molecule is Cc1ccc(N=C([S-])c2[nH]c3ccccc3[nH+]2)cc1.Cc1ccc(N=C([S-])c2[nH]c3ccccc3[nH+]2)cc1.[Cl-].[Cl-].[Zn+2]. The molecule has 0 aliphatic rings. The molecule has 0 saturated heterocycles. The number of benzene rings is 4. The van der Waals surface area contributed by atoms with Crippen LogP contribution in [0, 0.1) is 13.8 Å². The topological polar surface area (TPSA) is 84.6 Å². The predicted octanol–water partition coefficient (Wildman–Crippen LogP) is -0.163. The summed E-state index contributed by atoms with van der Waals surface area (Å²) in [5, 5.41) is 1.06. The second-order valence-corrected chi connectivity index (χ2v) is 9.62. The summed E-state index contributed by atoms with van der Waals surface area (Å²) in [5.74, 6) is 1.52. The van der Waals surface area contributed by atoms with Gasteiger partial charge < -0.3 is 50.1 Å². The Morgan fingerprint density at radius 2 is 0.902 bits per heavy atom. The molecule has 4 N–H and O–H groups in total. The van der Waals surface area contributed by atoms with Gasteiger partial charge in [-0.05, 0) is 62.4 Å². The number of hydrogen-bond donors (Lipinski definition) is 2. The summed E-state index contributed by atoms with van der Waals surface area (Å²) in [4.78, 5) is 21.8. The Kier molecular flexibility index (Phi) is 13.0. The zero-order valence-corrected chi connectivity index (χ0v) is 28.5. The standard InChI is InChI=1S/2C15H13N3S.2ClH.Zn/c2*1-10-6-8-11(9-7-10)16-15(19)14-17-12-4-2-3-5-13(12)18-14;;;/h2*2-9H,1H3,(H,16,19)(H,17,18);2*1H;/q;;;;+2/p-2. The van der Waals surface area contributed by atoms with Gasteiger partial charge in [-0.15, -0.1) is 0 Å². The van der Waals surface area contributed by atoms with Crippen molar-refractivity contribution in [3.8, 4) is 0 Å². The Hall–Kier alpha value is -3.20. The van der Waals surface area contributed by atoms with Crippen molar-refractivity contribution in [1.82, 2.24) is 9.97 Å². The largest absolute Gasteiger partial charge is 2.00 e. The van der Waals surface area contributed by atoms with Crippen molar-refractivity contribution < 1.29 is 54.3 Å². The van der Waals surface area contributed by atoms with E-state index in [1.165, 1.54) is 11.1 Å². The van der Waals surface area contributed by atoms with E-state index in [1.807, 2.05) is 111 Å². The van der Waals surface area contributed by atoms with Crippen molar-refractivity contribution in [2.45, 2.75) is 13.8 Å². The van der Waals surface area contributed by atoms with E-state index in [0.29, 0.717) is 10.1 Å². The van der Waals surface area contributed by atoms with E-state index in [1.54, 1.807) is 0 Å². The molecule has 0 aliphatic heterocycles. The first-order valence-corrected chi connectivity index (χ1v) is 12.9. The van der Waals surface area contributed by atoms with Crippen molar-refractivity contribution >= 4 is 68.8 Å². The van der Waals surface area contributed by atoms with Gasteiger partial charge in [0.2, 0.25) is 0 Å². The zero-order valence-electron chi connectivity index (χ0n) is 22.4. The molecule has 41 heavy (non-hydrogen) atoms. The molecule has 0 atom stereocenters. The van der Waals surface area contributed by atoms with E-state index < -0.39 is 0 Å². The van der Waals surface area contributed by atoms with Gasteiger partial charge in [0.25, 0.3) is 11.6 Å². The maximum Gasteiger partial charge on any atom is 2.00 e. The quantitative estimate of drug-likeness (QED) is 0.118. The molecule has 6 aromatic rings. The molecule has 0 bridgehead atoms. The summed E-state index contributed by atoms with van der Waals surface area (Å²) in [6.07, 6.45) is 0. The Morgan fingerprint density at radius 1 is 0.561 bits per heavy atom. The Labute approximate surface area is 275 Å². The van der Waals surface area contributed by atoms with Gasteiger partial charge in [-0.25, -0.2) is 19.9 Å². The number of imidazole rings is 2. The molecule has 204 valence electrons. The van der Waals surface area contributed by atoms with E-state index in [9.17, 15) is 0 Å². The summed E-state index contributed by atoms with van der Waals surface area (Å²) < 4.78 is 0. The average molecular weight is 671 g/mol. The third-order valence-corrected chi connectivity index (χ3v) is 6.44. The number of nitrogens with one attached hydrogen (secondary N) is 4. The molecular weight excluding hydrogens is 645 g/mol. The van der Waals surface area contributed by atoms with Crippen molar-refractivity contribution in [3.63, 3.8) is 0 Å². The first-order chi connectivity index (χ1) is 18.4. The van der Waals surface area contributed by atoms with Gasteiger partial charge in [0, 0.05) is 10.1 Å². The minimum absolute atomic E-state index is 0. The molecule has 2 heterocycles. The fourth-order valence-corrected chi connectivity index (χ4v) is 4.22. The minimum Gasteiger partial charge on any atom is -1.00 e. The Morgan fingerprint density at radius 3 is 1.24 bits per heavy atom. The first kappa shape index (κ1) is 34.0. The molecule has 0 aliphatic carbocycles. The molecule has 11 heteroatoms. The third kappa shape index (κ3) is 8.89. The summed E-state index contributed by atoms with van der Waals surface area (Å²) >= 11 is 10.7. The fraction of sp³-hybridized carbons (Fsp3) is 0.0667. The molecule has 0 spiro atoms. The van der Waals surface area contributed by atoms with Gasteiger partial charge in [-0.1, -0.05) is 59.7 Å². The van der Waals surface area contributed by atoms with E-state index in [-0.39, 0.29) is 44.3 Å². The van der Waals surface area contributed by atoms with Crippen molar-refractivity contribution in [2.24, 2.45) is 9.98 Å². The molecule has 0 radical (unpaired) electrons.